The highest BCUT2D eigenvalue weighted by Gasteiger charge is 2.08. The standard InChI is InChI=1S/C21H28N2OS/c1-17-14-21(19-11-7-8-12-20(19)22-17)24-13-9-5-3-4-6-10-18-15-23(2)16-25-18/h7-8,11-12,14-15H,3-6,9-10,13,16H2,1-2H3. The Kier molecular flexibility index (Phi) is 6.62. The third-order valence-electron chi connectivity index (χ3n) is 4.45. The van der Waals surface area contributed by atoms with Crippen LogP contribution in [0.1, 0.15) is 44.2 Å². The fraction of sp³-hybridized carbons (Fsp3) is 0.476. The molecule has 1 aliphatic rings. The van der Waals surface area contributed by atoms with Gasteiger partial charge in [-0.1, -0.05) is 31.4 Å². The summed E-state index contributed by atoms with van der Waals surface area (Å²) >= 11 is 1.98. The zero-order valence-electron chi connectivity index (χ0n) is 15.3. The van der Waals surface area contributed by atoms with E-state index in [1.807, 2.05) is 43.0 Å². The number of aromatic nitrogens is 1. The molecule has 2 aromatic rings. The molecule has 0 unspecified atom stereocenters. The number of rotatable bonds is 9. The summed E-state index contributed by atoms with van der Waals surface area (Å²) < 4.78 is 6.04. The highest BCUT2D eigenvalue weighted by molar-refractivity contribution is 8.03. The van der Waals surface area contributed by atoms with E-state index in [1.165, 1.54) is 32.1 Å². The molecule has 4 heteroatoms. The number of unbranched alkanes of at least 4 members (excludes halogenated alkanes) is 4. The van der Waals surface area contributed by atoms with Crippen LogP contribution in [0.4, 0.5) is 0 Å². The maximum absolute atomic E-state index is 6.04. The van der Waals surface area contributed by atoms with Crippen molar-refractivity contribution >= 4 is 22.7 Å². The first-order valence-electron chi connectivity index (χ1n) is 9.25. The number of hydrogen-bond donors (Lipinski definition) is 0. The van der Waals surface area contributed by atoms with Crippen LogP contribution in [0, 0.1) is 6.92 Å². The lowest BCUT2D eigenvalue weighted by Gasteiger charge is -2.10. The van der Waals surface area contributed by atoms with Gasteiger partial charge >= 0.3 is 0 Å². The van der Waals surface area contributed by atoms with Gasteiger partial charge in [-0.2, -0.15) is 0 Å². The Hall–Kier alpha value is -1.68. The number of para-hydroxylation sites is 1. The van der Waals surface area contributed by atoms with Gasteiger partial charge in [0.25, 0.3) is 0 Å². The summed E-state index contributed by atoms with van der Waals surface area (Å²) in [5.74, 6) is 2.09. The Morgan fingerprint density at radius 3 is 2.76 bits per heavy atom. The zero-order chi connectivity index (χ0) is 17.5. The van der Waals surface area contributed by atoms with Crippen LogP contribution in [-0.4, -0.2) is 29.4 Å². The summed E-state index contributed by atoms with van der Waals surface area (Å²) in [6.07, 6.45) is 9.82. The van der Waals surface area contributed by atoms with Gasteiger partial charge in [-0.05, 0) is 38.3 Å². The van der Waals surface area contributed by atoms with Crippen LogP contribution in [0.2, 0.25) is 0 Å². The maximum Gasteiger partial charge on any atom is 0.130 e. The van der Waals surface area contributed by atoms with E-state index >= 15 is 0 Å². The summed E-state index contributed by atoms with van der Waals surface area (Å²) in [6.45, 7) is 2.81. The Morgan fingerprint density at radius 2 is 1.92 bits per heavy atom. The lowest BCUT2D eigenvalue weighted by atomic mass is 10.1. The van der Waals surface area contributed by atoms with Gasteiger partial charge in [0.2, 0.25) is 0 Å². The SMILES string of the molecule is Cc1cc(OCCCCCCCC2=CN(C)CS2)c2ccccc2n1. The predicted molar refractivity (Wildman–Crippen MR) is 108 cm³/mol. The van der Waals surface area contributed by atoms with E-state index in [0.717, 1.165) is 41.3 Å². The molecule has 0 amide bonds. The monoisotopic (exact) mass is 356 g/mol. The second kappa shape index (κ2) is 9.14. The molecule has 1 aliphatic heterocycles. The maximum atomic E-state index is 6.04. The summed E-state index contributed by atoms with van der Waals surface area (Å²) in [7, 11) is 2.15. The number of benzene rings is 1. The van der Waals surface area contributed by atoms with Crippen LogP contribution in [-0.2, 0) is 0 Å². The van der Waals surface area contributed by atoms with E-state index in [9.17, 15) is 0 Å². The van der Waals surface area contributed by atoms with E-state index in [4.69, 9.17) is 4.74 Å². The summed E-state index contributed by atoms with van der Waals surface area (Å²) in [4.78, 5) is 8.38. The fourth-order valence-electron chi connectivity index (χ4n) is 3.14. The number of thioether (sulfide) groups is 1. The molecule has 0 bridgehead atoms. The first-order valence-corrected chi connectivity index (χ1v) is 10.2. The van der Waals surface area contributed by atoms with Crippen LogP contribution in [0.5, 0.6) is 5.75 Å². The molecule has 0 aliphatic carbocycles. The Balaban J connectivity index is 1.33. The third-order valence-corrected chi connectivity index (χ3v) is 5.67. The van der Waals surface area contributed by atoms with Crippen molar-refractivity contribution in [2.75, 3.05) is 19.5 Å². The van der Waals surface area contributed by atoms with Crippen molar-refractivity contribution in [3.8, 4) is 5.75 Å². The smallest absolute Gasteiger partial charge is 0.130 e. The van der Waals surface area contributed by atoms with E-state index in [-0.39, 0.29) is 0 Å². The Labute approximate surface area is 155 Å². The largest absolute Gasteiger partial charge is 0.493 e. The van der Waals surface area contributed by atoms with Crippen LogP contribution in [0.15, 0.2) is 41.4 Å². The lowest BCUT2D eigenvalue weighted by molar-refractivity contribution is 0.307. The molecule has 25 heavy (non-hydrogen) atoms. The molecular formula is C21H28N2OS. The molecule has 0 radical (unpaired) electrons. The second-order valence-corrected chi connectivity index (χ2v) is 7.84. The molecule has 3 nitrogen and oxygen atoms in total. The highest BCUT2D eigenvalue weighted by atomic mass is 32.2. The molecule has 2 heterocycles. The minimum Gasteiger partial charge on any atom is -0.493 e. The van der Waals surface area contributed by atoms with Gasteiger partial charge < -0.3 is 9.64 Å². The van der Waals surface area contributed by atoms with Gasteiger partial charge in [0.1, 0.15) is 5.75 Å². The topological polar surface area (TPSA) is 25.4 Å². The molecular weight excluding hydrogens is 328 g/mol. The second-order valence-electron chi connectivity index (χ2n) is 6.77. The molecule has 0 N–H and O–H groups in total. The third kappa shape index (κ3) is 5.40. The molecule has 0 fully saturated rings. The summed E-state index contributed by atoms with van der Waals surface area (Å²) in [6, 6.07) is 10.3. The predicted octanol–water partition coefficient (Wildman–Crippen LogP) is 5.74. The van der Waals surface area contributed by atoms with Gasteiger partial charge in [0.15, 0.2) is 0 Å². The molecule has 134 valence electrons. The summed E-state index contributed by atoms with van der Waals surface area (Å²) in [5.41, 5.74) is 2.03. The van der Waals surface area contributed by atoms with Gasteiger partial charge in [0.05, 0.1) is 18.0 Å². The number of hydrogen-bond acceptors (Lipinski definition) is 4. The van der Waals surface area contributed by atoms with Crippen molar-refractivity contribution in [1.29, 1.82) is 0 Å². The van der Waals surface area contributed by atoms with E-state index in [2.05, 4.69) is 29.2 Å². The number of ether oxygens (including phenoxy) is 1. The van der Waals surface area contributed by atoms with E-state index in [0.29, 0.717) is 0 Å². The molecule has 0 atom stereocenters. The first-order chi connectivity index (χ1) is 12.2. The number of aryl methyl sites for hydroxylation is 1. The van der Waals surface area contributed by atoms with E-state index < -0.39 is 0 Å². The highest BCUT2D eigenvalue weighted by Crippen LogP contribution is 2.29. The van der Waals surface area contributed by atoms with Crippen molar-refractivity contribution in [3.05, 3.63) is 47.1 Å². The Morgan fingerprint density at radius 1 is 1.12 bits per heavy atom. The van der Waals surface area contributed by atoms with Crippen molar-refractivity contribution in [2.45, 2.75) is 45.4 Å². The fourth-order valence-corrected chi connectivity index (χ4v) is 4.13. The Bertz CT molecular complexity index is 729. The van der Waals surface area contributed by atoms with Crippen LogP contribution >= 0.6 is 11.8 Å². The molecule has 0 saturated heterocycles. The molecule has 1 aromatic heterocycles. The van der Waals surface area contributed by atoms with Crippen molar-refractivity contribution < 1.29 is 4.74 Å². The number of fused-ring (bicyclic) bond motifs is 1. The lowest BCUT2D eigenvalue weighted by Crippen LogP contribution is -2.02. The number of pyridine rings is 1. The number of allylic oxidation sites excluding steroid dienone is 1. The molecule has 1 aromatic carbocycles. The van der Waals surface area contributed by atoms with Crippen molar-refractivity contribution in [2.24, 2.45) is 0 Å². The van der Waals surface area contributed by atoms with Crippen LogP contribution in [0.25, 0.3) is 10.9 Å². The average molecular weight is 357 g/mol. The van der Waals surface area contributed by atoms with Crippen molar-refractivity contribution in [1.82, 2.24) is 9.88 Å². The summed E-state index contributed by atoms with van der Waals surface area (Å²) in [5, 5.41) is 1.11. The minimum absolute atomic E-state index is 0.791. The molecule has 0 spiro atoms. The van der Waals surface area contributed by atoms with Gasteiger partial charge in [0, 0.05) is 35.3 Å². The van der Waals surface area contributed by atoms with Crippen LogP contribution in [0.3, 0.4) is 0 Å². The van der Waals surface area contributed by atoms with Crippen molar-refractivity contribution in [3.63, 3.8) is 0 Å². The first kappa shape index (κ1) is 18.1. The van der Waals surface area contributed by atoms with E-state index in [1.54, 1.807) is 4.91 Å². The van der Waals surface area contributed by atoms with Gasteiger partial charge in [-0.25, -0.2) is 0 Å². The minimum atomic E-state index is 0.791. The normalized spacial score (nSPS) is 14.2. The van der Waals surface area contributed by atoms with Gasteiger partial charge in [-0.15, -0.1) is 11.8 Å². The molecule has 3 rings (SSSR count). The van der Waals surface area contributed by atoms with Gasteiger partial charge in [-0.3, -0.25) is 4.98 Å². The average Bonchev–Trinajstić information content (AvgIpc) is 3.02. The molecule has 0 saturated carbocycles. The zero-order valence-corrected chi connectivity index (χ0v) is 16.1. The van der Waals surface area contributed by atoms with Crippen LogP contribution < -0.4 is 4.74 Å². The number of nitrogens with zero attached hydrogens (tertiary/aromatic N) is 2. The quantitative estimate of drug-likeness (QED) is 0.535.